The second-order valence-corrected chi connectivity index (χ2v) is 7.41. The van der Waals surface area contributed by atoms with Crippen molar-refractivity contribution < 1.29 is 0 Å². The summed E-state index contributed by atoms with van der Waals surface area (Å²) in [4.78, 5) is 5.88. The molecule has 0 aliphatic heterocycles. The second-order valence-electron chi connectivity index (χ2n) is 4.95. The molecule has 112 valence electrons. The van der Waals surface area contributed by atoms with E-state index in [1.807, 2.05) is 30.7 Å². The van der Waals surface area contributed by atoms with Crippen LogP contribution in [0.1, 0.15) is 35.6 Å². The van der Waals surface area contributed by atoms with Gasteiger partial charge in [0.05, 0.1) is 22.0 Å². The molecule has 0 radical (unpaired) electrons. The predicted octanol–water partition coefficient (Wildman–Crippen LogP) is 4.62. The van der Waals surface area contributed by atoms with E-state index in [9.17, 15) is 0 Å². The van der Waals surface area contributed by atoms with E-state index >= 15 is 0 Å². The highest BCUT2D eigenvalue weighted by Crippen LogP contribution is 2.29. The third-order valence-corrected chi connectivity index (χ3v) is 4.84. The van der Waals surface area contributed by atoms with Crippen molar-refractivity contribution in [2.75, 3.05) is 0 Å². The van der Waals surface area contributed by atoms with Crippen LogP contribution in [0.5, 0.6) is 0 Å². The van der Waals surface area contributed by atoms with Crippen molar-refractivity contribution in [3.63, 3.8) is 0 Å². The van der Waals surface area contributed by atoms with Gasteiger partial charge in [-0.3, -0.25) is 0 Å². The number of halogens is 2. The Labute approximate surface area is 137 Å². The number of alkyl halides is 1. The highest BCUT2D eigenvalue weighted by atomic mass is 35.5. The topological polar surface area (TPSA) is 35.6 Å². The first-order valence-corrected chi connectivity index (χ1v) is 8.46. The van der Waals surface area contributed by atoms with Crippen LogP contribution >= 0.6 is 34.5 Å². The minimum Gasteiger partial charge on any atom is -0.306 e. The van der Waals surface area contributed by atoms with Crippen LogP contribution in [0, 0.1) is 6.92 Å². The van der Waals surface area contributed by atoms with Crippen molar-refractivity contribution in [3.05, 3.63) is 32.9 Å². The lowest BCUT2D eigenvalue weighted by Crippen LogP contribution is -2.09. The van der Waals surface area contributed by atoms with Gasteiger partial charge >= 0.3 is 0 Å². The monoisotopic (exact) mass is 342 g/mol. The molecule has 0 aromatic carbocycles. The van der Waals surface area contributed by atoms with E-state index < -0.39 is 0 Å². The van der Waals surface area contributed by atoms with Crippen LogP contribution in [0.15, 0.2) is 12.1 Å². The molecule has 3 rings (SSSR count). The molecule has 0 bridgehead atoms. The van der Waals surface area contributed by atoms with E-state index in [2.05, 4.69) is 16.6 Å². The Bertz CT molecular complexity index is 784. The molecule has 3 heterocycles. The van der Waals surface area contributed by atoms with E-state index in [-0.39, 0.29) is 5.38 Å². The van der Waals surface area contributed by atoms with Gasteiger partial charge in [-0.1, -0.05) is 11.6 Å². The number of fused-ring (bicyclic) bond motifs is 1. The third-order valence-electron chi connectivity index (χ3n) is 3.43. The van der Waals surface area contributed by atoms with E-state index in [0.29, 0.717) is 6.54 Å². The zero-order valence-corrected chi connectivity index (χ0v) is 14.4. The Hall–Kier alpha value is -1.04. The summed E-state index contributed by atoms with van der Waals surface area (Å²) in [6.45, 7) is 7.52. The maximum Gasteiger partial charge on any atom is 0.159 e. The Kier molecular flexibility index (Phi) is 3.99. The van der Waals surface area contributed by atoms with Gasteiger partial charge in [0, 0.05) is 11.4 Å². The van der Waals surface area contributed by atoms with Crippen molar-refractivity contribution in [3.8, 4) is 0 Å². The Morgan fingerprint density at radius 2 is 2.14 bits per heavy atom. The van der Waals surface area contributed by atoms with E-state index in [0.717, 1.165) is 33.6 Å². The quantitative estimate of drug-likeness (QED) is 0.648. The van der Waals surface area contributed by atoms with Crippen LogP contribution in [0.4, 0.5) is 0 Å². The van der Waals surface area contributed by atoms with Crippen LogP contribution in [-0.2, 0) is 13.1 Å². The van der Waals surface area contributed by atoms with Gasteiger partial charge < -0.3 is 4.57 Å². The standard InChI is InChI=1S/C14H16Cl2N4S/c1-4-20-14-12(9(3)18-20)17-13(8(2)15)19(14)7-10-5-6-11(16)21-10/h5-6,8H,4,7H2,1-3H3. The van der Waals surface area contributed by atoms with Gasteiger partial charge in [0.2, 0.25) is 0 Å². The minimum atomic E-state index is -0.155. The predicted molar refractivity (Wildman–Crippen MR) is 88.6 cm³/mol. The summed E-state index contributed by atoms with van der Waals surface area (Å²) in [5.41, 5.74) is 2.90. The minimum absolute atomic E-state index is 0.155. The normalized spacial score (nSPS) is 13.2. The lowest BCUT2D eigenvalue weighted by Gasteiger charge is -2.10. The average molecular weight is 343 g/mol. The number of thiophene rings is 1. The van der Waals surface area contributed by atoms with E-state index in [1.54, 1.807) is 11.3 Å². The fourth-order valence-corrected chi connectivity index (χ4v) is 3.76. The fourth-order valence-electron chi connectivity index (χ4n) is 2.51. The number of aryl methyl sites for hydroxylation is 2. The van der Waals surface area contributed by atoms with Crippen molar-refractivity contribution in [2.24, 2.45) is 0 Å². The van der Waals surface area contributed by atoms with Crippen molar-refractivity contribution in [2.45, 2.75) is 39.2 Å². The van der Waals surface area contributed by atoms with Crippen molar-refractivity contribution >= 4 is 45.7 Å². The van der Waals surface area contributed by atoms with Crippen molar-refractivity contribution in [1.29, 1.82) is 0 Å². The molecule has 21 heavy (non-hydrogen) atoms. The van der Waals surface area contributed by atoms with Crippen molar-refractivity contribution in [1.82, 2.24) is 19.3 Å². The lowest BCUT2D eigenvalue weighted by molar-refractivity contribution is 0.635. The Morgan fingerprint density at radius 3 is 2.71 bits per heavy atom. The van der Waals surface area contributed by atoms with Crippen LogP contribution in [-0.4, -0.2) is 19.3 Å². The third kappa shape index (κ3) is 2.58. The summed E-state index contributed by atoms with van der Waals surface area (Å²) in [6, 6.07) is 3.96. The van der Waals surface area contributed by atoms with Gasteiger partial charge in [-0.15, -0.1) is 22.9 Å². The molecule has 0 aliphatic rings. The molecule has 3 aromatic rings. The Balaban J connectivity index is 2.19. The van der Waals surface area contributed by atoms with Gasteiger partial charge in [0.25, 0.3) is 0 Å². The molecule has 4 nitrogen and oxygen atoms in total. The number of hydrogen-bond donors (Lipinski definition) is 0. The zero-order chi connectivity index (χ0) is 15.1. The van der Waals surface area contributed by atoms with Crippen LogP contribution in [0.3, 0.4) is 0 Å². The highest BCUT2D eigenvalue weighted by Gasteiger charge is 2.21. The van der Waals surface area contributed by atoms with Gasteiger partial charge in [-0.05, 0) is 32.9 Å². The molecule has 0 amide bonds. The molecule has 1 unspecified atom stereocenters. The molecule has 0 fully saturated rings. The number of aromatic nitrogens is 4. The van der Waals surface area contributed by atoms with Gasteiger partial charge in [0.1, 0.15) is 11.3 Å². The zero-order valence-electron chi connectivity index (χ0n) is 12.1. The van der Waals surface area contributed by atoms with E-state index in [4.69, 9.17) is 28.2 Å². The number of nitrogens with zero attached hydrogens (tertiary/aromatic N) is 4. The second kappa shape index (κ2) is 5.63. The summed E-state index contributed by atoms with van der Waals surface area (Å²) in [5, 5.41) is 4.39. The first-order chi connectivity index (χ1) is 10.0. The first-order valence-electron chi connectivity index (χ1n) is 6.83. The summed E-state index contributed by atoms with van der Waals surface area (Å²) in [7, 11) is 0. The molecule has 0 aliphatic carbocycles. The smallest absolute Gasteiger partial charge is 0.159 e. The SMILES string of the molecule is CCn1nc(C)c2nc(C(C)Cl)n(Cc3ccc(Cl)s3)c21. The maximum atomic E-state index is 6.32. The van der Waals surface area contributed by atoms with Gasteiger partial charge in [-0.25, -0.2) is 9.67 Å². The molecule has 0 saturated heterocycles. The van der Waals surface area contributed by atoms with Gasteiger partial charge in [-0.2, -0.15) is 5.10 Å². The summed E-state index contributed by atoms with van der Waals surface area (Å²) in [5.74, 6) is 0.874. The molecular weight excluding hydrogens is 327 g/mol. The molecule has 7 heteroatoms. The number of hydrogen-bond acceptors (Lipinski definition) is 3. The highest BCUT2D eigenvalue weighted by molar-refractivity contribution is 7.16. The fraction of sp³-hybridized carbons (Fsp3) is 0.429. The van der Waals surface area contributed by atoms with Crippen LogP contribution in [0.2, 0.25) is 4.34 Å². The molecule has 0 saturated carbocycles. The largest absolute Gasteiger partial charge is 0.306 e. The molecule has 0 spiro atoms. The lowest BCUT2D eigenvalue weighted by atomic mass is 10.4. The summed E-state index contributed by atoms with van der Waals surface area (Å²) >= 11 is 13.9. The molecular formula is C14H16Cl2N4S. The van der Waals surface area contributed by atoms with Gasteiger partial charge in [0.15, 0.2) is 5.65 Å². The van der Waals surface area contributed by atoms with Crippen LogP contribution < -0.4 is 0 Å². The summed E-state index contributed by atoms with van der Waals surface area (Å²) < 4.78 is 4.93. The first kappa shape index (κ1) is 14.9. The van der Waals surface area contributed by atoms with E-state index in [1.165, 1.54) is 4.88 Å². The number of imidazole rings is 1. The summed E-state index contributed by atoms with van der Waals surface area (Å²) in [6.07, 6.45) is 0. The molecule has 1 atom stereocenters. The number of rotatable bonds is 4. The Morgan fingerprint density at radius 1 is 1.38 bits per heavy atom. The molecule has 3 aromatic heterocycles. The molecule has 0 N–H and O–H groups in total. The maximum absolute atomic E-state index is 6.32. The average Bonchev–Trinajstić information content (AvgIpc) is 3.08. The van der Waals surface area contributed by atoms with Crippen LogP contribution in [0.25, 0.3) is 11.2 Å².